The summed E-state index contributed by atoms with van der Waals surface area (Å²) in [5.41, 5.74) is 1.27. The number of benzene rings is 3. The van der Waals surface area contributed by atoms with Gasteiger partial charge < -0.3 is 19.3 Å². The number of methoxy groups -OCH3 is 1. The highest BCUT2D eigenvalue weighted by Gasteiger charge is 2.23. The van der Waals surface area contributed by atoms with E-state index in [0.29, 0.717) is 0 Å². The van der Waals surface area contributed by atoms with Crippen LogP contribution in [0.3, 0.4) is 0 Å². The Kier molecular flexibility index (Phi) is 4.49. The normalized spacial score (nSPS) is 19.4. The van der Waals surface area contributed by atoms with E-state index in [4.69, 9.17) is 14.2 Å². The summed E-state index contributed by atoms with van der Waals surface area (Å²) in [5.74, 6) is 2.43. The van der Waals surface area contributed by atoms with Gasteiger partial charge in [-0.3, -0.25) is 4.90 Å². The summed E-state index contributed by atoms with van der Waals surface area (Å²) in [5, 5.41) is 14.5. The third-order valence-electron chi connectivity index (χ3n) is 6.07. The summed E-state index contributed by atoms with van der Waals surface area (Å²) in [6.45, 7) is 2.35. The maximum absolute atomic E-state index is 9.81. The Morgan fingerprint density at radius 2 is 1.89 bits per heavy atom. The molecule has 0 radical (unpaired) electrons. The van der Waals surface area contributed by atoms with Gasteiger partial charge in [0.1, 0.15) is 5.75 Å². The summed E-state index contributed by atoms with van der Waals surface area (Å²) in [6.07, 6.45) is 3.45. The molecule has 2 aliphatic heterocycles. The molecule has 1 N–H and O–H groups in total. The van der Waals surface area contributed by atoms with Crippen molar-refractivity contribution in [1.82, 2.24) is 4.90 Å². The second-order valence-corrected chi connectivity index (χ2v) is 7.68. The van der Waals surface area contributed by atoms with Crippen molar-refractivity contribution in [2.24, 2.45) is 0 Å². The average molecular weight is 379 g/mol. The van der Waals surface area contributed by atoms with Crippen LogP contribution in [0.25, 0.3) is 21.5 Å². The van der Waals surface area contributed by atoms with E-state index in [9.17, 15) is 5.11 Å². The van der Waals surface area contributed by atoms with Crippen molar-refractivity contribution in [3.8, 4) is 17.2 Å². The Morgan fingerprint density at radius 1 is 1.04 bits per heavy atom. The quantitative estimate of drug-likeness (QED) is 0.693. The van der Waals surface area contributed by atoms with Gasteiger partial charge in [0.05, 0.1) is 13.7 Å². The van der Waals surface area contributed by atoms with Crippen molar-refractivity contribution in [3.63, 3.8) is 0 Å². The molecule has 1 atom stereocenters. The number of ether oxygens (including phenoxy) is 3. The Bertz CT molecular complexity index is 1030. The molecule has 146 valence electrons. The lowest BCUT2D eigenvalue weighted by Gasteiger charge is -2.35. The van der Waals surface area contributed by atoms with E-state index >= 15 is 0 Å². The lowest BCUT2D eigenvalue weighted by Crippen LogP contribution is -2.41. The minimum atomic E-state index is 0.220. The number of fused-ring (bicyclic) bond motifs is 4. The molecule has 0 spiro atoms. The maximum Gasteiger partial charge on any atom is 0.231 e. The zero-order chi connectivity index (χ0) is 19.1. The lowest BCUT2D eigenvalue weighted by atomic mass is 9.95. The molecule has 1 fully saturated rings. The number of aliphatic hydroxyl groups excluding tert-OH is 1. The largest absolute Gasteiger partial charge is 0.497 e. The number of hydrogen-bond acceptors (Lipinski definition) is 5. The second kappa shape index (κ2) is 7.15. The number of piperidine rings is 1. The molecule has 5 heteroatoms. The first kappa shape index (κ1) is 17.6. The highest BCUT2D eigenvalue weighted by molar-refractivity contribution is 6.10. The van der Waals surface area contributed by atoms with E-state index < -0.39 is 0 Å². The molecule has 0 aromatic heterocycles. The molecule has 5 rings (SSSR count). The molecule has 2 aliphatic rings. The molecule has 0 aliphatic carbocycles. The zero-order valence-corrected chi connectivity index (χ0v) is 16.1. The maximum atomic E-state index is 9.81. The van der Waals surface area contributed by atoms with Crippen LogP contribution >= 0.6 is 0 Å². The van der Waals surface area contributed by atoms with Crippen molar-refractivity contribution < 1.29 is 19.3 Å². The number of hydrogen-bond donors (Lipinski definition) is 1. The Morgan fingerprint density at radius 3 is 2.71 bits per heavy atom. The molecular weight excluding hydrogens is 354 g/mol. The van der Waals surface area contributed by atoms with Crippen LogP contribution in [0.15, 0.2) is 36.4 Å². The van der Waals surface area contributed by atoms with Crippen molar-refractivity contribution in [2.75, 3.05) is 27.1 Å². The number of nitrogens with zero attached hydrogens (tertiary/aromatic N) is 1. The highest BCUT2D eigenvalue weighted by Crippen LogP contribution is 2.40. The molecule has 3 aromatic rings. The van der Waals surface area contributed by atoms with E-state index in [1.165, 1.54) is 23.8 Å². The van der Waals surface area contributed by atoms with Gasteiger partial charge in [-0.05, 0) is 76.8 Å². The smallest absolute Gasteiger partial charge is 0.231 e. The average Bonchev–Trinajstić information content (AvgIpc) is 3.20. The molecule has 3 aromatic carbocycles. The van der Waals surface area contributed by atoms with Crippen LogP contribution < -0.4 is 14.2 Å². The zero-order valence-electron chi connectivity index (χ0n) is 16.1. The molecule has 0 saturated carbocycles. The predicted molar refractivity (Wildman–Crippen MR) is 109 cm³/mol. The van der Waals surface area contributed by atoms with Gasteiger partial charge in [0.15, 0.2) is 11.5 Å². The molecule has 28 heavy (non-hydrogen) atoms. The lowest BCUT2D eigenvalue weighted by molar-refractivity contribution is 0.0845. The monoisotopic (exact) mass is 379 g/mol. The van der Waals surface area contributed by atoms with Gasteiger partial charge in [-0.25, -0.2) is 0 Å². The van der Waals surface area contributed by atoms with Crippen LogP contribution in [-0.2, 0) is 6.54 Å². The van der Waals surface area contributed by atoms with Crippen LogP contribution in [0.2, 0.25) is 0 Å². The topological polar surface area (TPSA) is 51.2 Å². The van der Waals surface area contributed by atoms with E-state index in [2.05, 4.69) is 35.2 Å². The molecule has 0 bridgehead atoms. The van der Waals surface area contributed by atoms with Gasteiger partial charge in [-0.1, -0.05) is 12.5 Å². The van der Waals surface area contributed by atoms with Gasteiger partial charge in [0.25, 0.3) is 0 Å². The van der Waals surface area contributed by atoms with Crippen LogP contribution in [0.4, 0.5) is 0 Å². The van der Waals surface area contributed by atoms with Gasteiger partial charge in [0.2, 0.25) is 6.79 Å². The fraction of sp³-hybridized carbons (Fsp3) is 0.391. The molecule has 1 saturated heterocycles. The third-order valence-corrected chi connectivity index (χ3v) is 6.07. The SMILES string of the molecule is COc1ccc2c(CN3CCCCC3CO)cc3cc4c(cc3c2c1)OCO4. The molecule has 1 unspecified atom stereocenters. The summed E-state index contributed by atoms with van der Waals surface area (Å²) in [7, 11) is 1.70. The van der Waals surface area contributed by atoms with E-state index in [1.807, 2.05) is 6.07 Å². The van der Waals surface area contributed by atoms with Crippen LogP contribution in [0, 0.1) is 0 Å². The number of likely N-dealkylation sites (tertiary alicyclic amines) is 1. The van der Waals surface area contributed by atoms with Crippen molar-refractivity contribution in [2.45, 2.75) is 31.8 Å². The summed E-state index contributed by atoms with van der Waals surface area (Å²) < 4.78 is 16.7. The highest BCUT2D eigenvalue weighted by atomic mass is 16.7. The van der Waals surface area contributed by atoms with E-state index in [0.717, 1.165) is 52.9 Å². The Labute approximate surface area is 164 Å². The predicted octanol–water partition coefficient (Wildman–Crippen LogP) is 4.08. The van der Waals surface area contributed by atoms with Crippen molar-refractivity contribution in [3.05, 3.63) is 42.0 Å². The molecule has 0 amide bonds. The van der Waals surface area contributed by atoms with Crippen LogP contribution in [0.1, 0.15) is 24.8 Å². The van der Waals surface area contributed by atoms with E-state index in [-0.39, 0.29) is 19.4 Å². The van der Waals surface area contributed by atoms with Crippen LogP contribution in [-0.4, -0.2) is 43.1 Å². The van der Waals surface area contributed by atoms with Gasteiger partial charge in [-0.2, -0.15) is 0 Å². The number of aliphatic hydroxyl groups is 1. The van der Waals surface area contributed by atoms with Crippen molar-refractivity contribution >= 4 is 21.5 Å². The summed E-state index contributed by atoms with van der Waals surface area (Å²) in [6, 6.07) is 12.9. The van der Waals surface area contributed by atoms with Crippen molar-refractivity contribution in [1.29, 1.82) is 0 Å². The van der Waals surface area contributed by atoms with Gasteiger partial charge in [0, 0.05) is 12.6 Å². The fourth-order valence-corrected chi connectivity index (χ4v) is 4.55. The second-order valence-electron chi connectivity index (χ2n) is 7.68. The van der Waals surface area contributed by atoms with Crippen LogP contribution in [0.5, 0.6) is 17.2 Å². The molecular formula is C23H25NO4. The van der Waals surface area contributed by atoms with Gasteiger partial charge >= 0.3 is 0 Å². The standard InChI is InChI=1S/C23H25NO4/c1-26-18-5-6-19-16(12-24-7-3-2-4-17(24)13-25)8-15-9-22-23(28-14-27-22)11-20(15)21(19)10-18/h5-6,8-11,17,25H,2-4,7,12-14H2,1H3. The molecule has 5 nitrogen and oxygen atoms in total. The Balaban J connectivity index is 1.68. The first-order valence-electron chi connectivity index (χ1n) is 9.94. The summed E-state index contributed by atoms with van der Waals surface area (Å²) in [4.78, 5) is 2.42. The third kappa shape index (κ3) is 2.95. The number of rotatable bonds is 4. The Hall–Kier alpha value is -2.50. The van der Waals surface area contributed by atoms with Gasteiger partial charge in [-0.15, -0.1) is 0 Å². The minimum absolute atomic E-state index is 0.220. The first-order chi connectivity index (χ1) is 13.8. The first-order valence-corrected chi connectivity index (χ1v) is 9.94. The molecule has 2 heterocycles. The summed E-state index contributed by atoms with van der Waals surface area (Å²) >= 11 is 0. The fourth-order valence-electron chi connectivity index (χ4n) is 4.55. The minimum Gasteiger partial charge on any atom is -0.497 e. The van der Waals surface area contributed by atoms with E-state index in [1.54, 1.807) is 7.11 Å².